The van der Waals surface area contributed by atoms with Gasteiger partial charge < -0.3 is 10.2 Å². The highest BCUT2D eigenvalue weighted by Crippen LogP contribution is 2.07. The molecule has 7 heteroatoms. The van der Waals surface area contributed by atoms with Crippen LogP contribution in [-0.2, 0) is 14.8 Å². The third kappa shape index (κ3) is 5.79. The Kier molecular flexibility index (Phi) is 5.12. The maximum Gasteiger partial charge on any atom is 0.236 e. The molecule has 0 radical (unpaired) electrons. The molecule has 0 aromatic heterocycles. The zero-order chi connectivity index (χ0) is 13.8. The highest BCUT2D eigenvalue weighted by Gasteiger charge is 2.23. The van der Waals surface area contributed by atoms with E-state index in [0.717, 1.165) is 32.2 Å². The predicted octanol–water partition coefficient (Wildman–Crippen LogP) is -0.474. The van der Waals surface area contributed by atoms with Crippen molar-refractivity contribution in [2.24, 2.45) is 0 Å². The van der Waals surface area contributed by atoms with Gasteiger partial charge in [0.25, 0.3) is 0 Å². The van der Waals surface area contributed by atoms with Gasteiger partial charge >= 0.3 is 0 Å². The van der Waals surface area contributed by atoms with Crippen LogP contribution >= 0.6 is 0 Å². The summed E-state index contributed by atoms with van der Waals surface area (Å²) in [5.41, 5.74) is -0.598. The zero-order valence-electron chi connectivity index (χ0n) is 11.3. The molecular weight excluding hydrogens is 254 g/mol. The molecule has 1 amide bonds. The van der Waals surface area contributed by atoms with Gasteiger partial charge in [-0.05, 0) is 26.7 Å². The van der Waals surface area contributed by atoms with Crippen LogP contribution in [0.5, 0.6) is 0 Å². The second kappa shape index (κ2) is 5.99. The number of carbonyl (C=O) groups is 1. The molecule has 1 aliphatic heterocycles. The van der Waals surface area contributed by atoms with Crippen molar-refractivity contribution in [2.45, 2.75) is 32.2 Å². The van der Waals surface area contributed by atoms with E-state index in [1.54, 1.807) is 13.8 Å². The Morgan fingerprint density at radius 2 is 1.83 bits per heavy atom. The van der Waals surface area contributed by atoms with Gasteiger partial charge in [0.2, 0.25) is 15.9 Å². The summed E-state index contributed by atoms with van der Waals surface area (Å²) in [5.74, 6) is 0.0858. The molecule has 1 fully saturated rings. The molecule has 0 bridgehead atoms. The molecule has 1 saturated heterocycles. The Hall–Kier alpha value is -0.660. The minimum absolute atomic E-state index is 0.0858. The Balaban J connectivity index is 2.29. The summed E-state index contributed by atoms with van der Waals surface area (Å²) in [6, 6.07) is 0. The lowest BCUT2D eigenvalue weighted by molar-refractivity contribution is -0.129. The fourth-order valence-electron chi connectivity index (χ4n) is 2.10. The molecule has 1 aliphatic rings. The molecule has 0 atom stereocenters. The van der Waals surface area contributed by atoms with Crippen LogP contribution in [0.4, 0.5) is 0 Å². The second-order valence-corrected chi connectivity index (χ2v) is 7.20. The largest absolute Gasteiger partial charge is 0.342 e. The van der Waals surface area contributed by atoms with Gasteiger partial charge in [0.15, 0.2) is 0 Å². The van der Waals surface area contributed by atoms with Crippen LogP contribution in [0.1, 0.15) is 26.7 Å². The van der Waals surface area contributed by atoms with E-state index < -0.39 is 15.6 Å². The number of nitrogens with zero attached hydrogens (tertiary/aromatic N) is 1. The maximum absolute atomic E-state index is 11.7. The normalized spacial score (nSPS) is 17.2. The van der Waals surface area contributed by atoms with Crippen LogP contribution < -0.4 is 10.0 Å². The number of rotatable bonds is 6. The van der Waals surface area contributed by atoms with E-state index in [2.05, 4.69) is 10.0 Å². The molecule has 1 rings (SSSR count). The van der Waals surface area contributed by atoms with Crippen molar-refractivity contribution in [1.82, 2.24) is 14.9 Å². The van der Waals surface area contributed by atoms with Crippen LogP contribution in [0.25, 0.3) is 0 Å². The zero-order valence-corrected chi connectivity index (χ0v) is 12.1. The Labute approximate surface area is 109 Å². The summed E-state index contributed by atoms with van der Waals surface area (Å²) in [6.45, 7) is 5.91. The smallest absolute Gasteiger partial charge is 0.236 e. The minimum atomic E-state index is -3.23. The Bertz CT molecular complexity index is 386. The molecule has 0 aromatic rings. The summed E-state index contributed by atoms with van der Waals surface area (Å²) >= 11 is 0. The average Bonchev–Trinajstić information content (AvgIpc) is 2.65. The number of carbonyl (C=O) groups excluding carboxylic acids is 1. The number of sulfonamides is 1. The van der Waals surface area contributed by atoms with Gasteiger partial charge in [-0.15, -0.1) is 0 Å². The van der Waals surface area contributed by atoms with E-state index in [1.807, 2.05) is 4.90 Å². The van der Waals surface area contributed by atoms with Gasteiger partial charge in [-0.1, -0.05) is 0 Å². The molecule has 0 aromatic carbocycles. The van der Waals surface area contributed by atoms with E-state index in [0.29, 0.717) is 6.54 Å². The molecule has 0 unspecified atom stereocenters. The van der Waals surface area contributed by atoms with Gasteiger partial charge in [0.1, 0.15) is 0 Å². The Morgan fingerprint density at radius 3 is 2.33 bits per heavy atom. The lowest BCUT2D eigenvalue weighted by atomic mass is 10.1. The fraction of sp³-hybridized carbons (Fsp3) is 0.909. The predicted molar refractivity (Wildman–Crippen MR) is 70.7 cm³/mol. The first-order valence-corrected chi connectivity index (χ1v) is 8.06. The summed E-state index contributed by atoms with van der Waals surface area (Å²) in [4.78, 5) is 13.6. The Morgan fingerprint density at radius 1 is 1.28 bits per heavy atom. The standard InChI is InChI=1S/C11H23N3O3S/c1-11(2,13-18(3,16)17)9-12-8-10(15)14-6-4-5-7-14/h12-13H,4-9H2,1-3H3. The van der Waals surface area contributed by atoms with E-state index in [4.69, 9.17) is 0 Å². The number of hydrogen-bond acceptors (Lipinski definition) is 4. The van der Waals surface area contributed by atoms with Crippen molar-refractivity contribution >= 4 is 15.9 Å². The van der Waals surface area contributed by atoms with Crippen molar-refractivity contribution in [2.75, 3.05) is 32.4 Å². The van der Waals surface area contributed by atoms with Crippen molar-refractivity contribution in [3.63, 3.8) is 0 Å². The van der Waals surface area contributed by atoms with Crippen LogP contribution in [0.2, 0.25) is 0 Å². The van der Waals surface area contributed by atoms with E-state index >= 15 is 0 Å². The van der Waals surface area contributed by atoms with E-state index in [9.17, 15) is 13.2 Å². The van der Waals surface area contributed by atoms with Gasteiger partial charge in [-0.25, -0.2) is 13.1 Å². The molecule has 18 heavy (non-hydrogen) atoms. The first kappa shape index (κ1) is 15.4. The van der Waals surface area contributed by atoms with Gasteiger partial charge in [-0.3, -0.25) is 4.79 Å². The maximum atomic E-state index is 11.7. The molecule has 6 nitrogen and oxygen atoms in total. The summed E-state index contributed by atoms with van der Waals surface area (Å²) in [6.07, 6.45) is 3.28. The van der Waals surface area contributed by atoms with E-state index in [-0.39, 0.29) is 12.5 Å². The lowest BCUT2D eigenvalue weighted by Gasteiger charge is -2.25. The van der Waals surface area contributed by atoms with Crippen molar-refractivity contribution in [1.29, 1.82) is 0 Å². The topological polar surface area (TPSA) is 78.5 Å². The average molecular weight is 277 g/mol. The third-order valence-electron chi connectivity index (χ3n) is 2.76. The lowest BCUT2D eigenvalue weighted by Crippen LogP contribution is -2.51. The quantitative estimate of drug-likeness (QED) is 0.688. The first-order chi connectivity index (χ1) is 8.20. The number of amides is 1. The van der Waals surface area contributed by atoms with Gasteiger partial charge in [-0.2, -0.15) is 0 Å². The molecule has 106 valence electrons. The summed E-state index contributed by atoms with van der Waals surface area (Å²) < 4.78 is 24.8. The molecule has 2 N–H and O–H groups in total. The van der Waals surface area contributed by atoms with Crippen LogP contribution in [-0.4, -0.2) is 57.2 Å². The number of nitrogens with one attached hydrogen (secondary N) is 2. The highest BCUT2D eigenvalue weighted by atomic mass is 32.2. The number of hydrogen-bond donors (Lipinski definition) is 2. The van der Waals surface area contributed by atoms with Crippen LogP contribution in [0.15, 0.2) is 0 Å². The third-order valence-corrected chi connectivity index (χ3v) is 3.69. The minimum Gasteiger partial charge on any atom is -0.342 e. The number of likely N-dealkylation sites (tertiary alicyclic amines) is 1. The monoisotopic (exact) mass is 277 g/mol. The molecule has 0 spiro atoms. The van der Waals surface area contributed by atoms with E-state index in [1.165, 1.54) is 0 Å². The van der Waals surface area contributed by atoms with Crippen molar-refractivity contribution in [3.05, 3.63) is 0 Å². The fourth-order valence-corrected chi connectivity index (χ4v) is 3.17. The molecule has 0 saturated carbocycles. The second-order valence-electron chi connectivity index (χ2n) is 5.45. The first-order valence-electron chi connectivity index (χ1n) is 6.17. The molecule has 1 heterocycles. The van der Waals surface area contributed by atoms with Crippen molar-refractivity contribution in [3.8, 4) is 0 Å². The highest BCUT2D eigenvalue weighted by molar-refractivity contribution is 7.88. The van der Waals surface area contributed by atoms with Crippen molar-refractivity contribution < 1.29 is 13.2 Å². The SMILES string of the molecule is CC(C)(CNCC(=O)N1CCCC1)NS(C)(=O)=O. The van der Waals surface area contributed by atoms with Crippen LogP contribution in [0, 0.1) is 0 Å². The molecular formula is C11H23N3O3S. The summed E-state index contributed by atoms with van der Waals surface area (Å²) in [7, 11) is -3.23. The molecule has 0 aliphatic carbocycles. The van der Waals surface area contributed by atoms with Gasteiger partial charge in [0.05, 0.1) is 12.8 Å². The van der Waals surface area contributed by atoms with Gasteiger partial charge in [0, 0.05) is 25.2 Å². The van der Waals surface area contributed by atoms with Crippen LogP contribution in [0.3, 0.4) is 0 Å². The summed E-state index contributed by atoms with van der Waals surface area (Å²) in [5, 5.41) is 3.01.